The maximum absolute atomic E-state index is 12.0. The summed E-state index contributed by atoms with van der Waals surface area (Å²) in [7, 11) is 0. The third-order valence-electron chi connectivity index (χ3n) is 5.02. The van der Waals surface area contributed by atoms with Crippen molar-refractivity contribution in [2.75, 3.05) is 18.4 Å². The number of rotatable bonds is 14. The lowest BCUT2D eigenvalue weighted by Gasteiger charge is -2.09. The number of aryl methyl sites for hydroxylation is 1. The minimum Gasteiger partial charge on any atom is -0.369 e. The molecule has 2 aromatic heterocycles. The number of carbonyl (C=O) groups is 2. The third-order valence-corrected chi connectivity index (χ3v) is 5.02. The summed E-state index contributed by atoms with van der Waals surface area (Å²) in [5, 5.41) is 15.0. The second kappa shape index (κ2) is 13.4. The Balaban J connectivity index is 2.12. The first-order valence-electron chi connectivity index (χ1n) is 11.2. The molecule has 0 aliphatic rings. The van der Waals surface area contributed by atoms with E-state index in [1.807, 2.05) is 22.7 Å². The van der Waals surface area contributed by atoms with E-state index in [1.165, 1.54) is 18.9 Å². The van der Waals surface area contributed by atoms with E-state index in [-0.39, 0.29) is 5.91 Å². The number of aromatic nitrogens is 2. The fraction of sp³-hybridized carbons (Fsp3) is 0.522. The summed E-state index contributed by atoms with van der Waals surface area (Å²) in [4.78, 5) is 28.0. The molecule has 8 nitrogen and oxygen atoms in total. The maximum Gasteiger partial charge on any atom is 0.267 e. The van der Waals surface area contributed by atoms with Crippen LogP contribution in [0.4, 0.5) is 5.82 Å². The second-order valence-corrected chi connectivity index (χ2v) is 7.60. The van der Waals surface area contributed by atoms with Crippen LogP contribution in [0.25, 0.3) is 11.7 Å². The van der Waals surface area contributed by atoms with E-state index in [9.17, 15) is 9.59 Å². The molecule has 0 unspecified atom stereocenters. The summed E-state index contributed by atoms with van der Waals surface area (Å²) in [6.45, 7) is 5.54. The van der Waals surface area contributed by atoms with E-state index >= 15 is 0 Å². The summed E-state index contributed by atoms with van der Waals surface area (Å²) >= 11 is 0. The Bertz CT molecular complexity index is 875. The van der Waals surface area contributed by atoms with Gasteiger partial charge < -0.3 is 10.6 Å². The number of unbranched alkanes of at least 4 members (excludes halogenated alkanes) is 4. The molecule has 0 saturated carbocycles. The SMILES string of the molecule is CCCCCCc1nc2cc(C=CC(=O)NO)ccn2c1NCCC(=O)NCCCC. The van der Waals surface area contributed by atoms with Crippen molar-refractivity contribution in [1.82, 2.24) is 20.2 Å². The van der Waals surface area contributed by atoms with E-state index in [2.05, 4.69) is 24.5 Å². The van der Waals surface area contributed by atoms with Crippen LogP contribution in [0.15, 0.2) is 24.4 Å². The second-order valence-electron chi connectivity index (χ2n) is 7.60. The first-order valence-corrected chi connectivity index (χ1v) is 11.2. The van der Waals surface area contributed by atoms with Crippen molar-refractivity contribution in [2.24, 2.45) is 0 Å². The number of nitrogens with one attached hydrogen (secondary N) is 3. The number of fused-ring (bicyclic) bond motifs is 1. The van der Waals surface area contributed by atoms with Crippen molar-refractivity contribution >= 4 is 29.4 Å². The molecule has 170 valence electrons. The molecule has 0 atom stereocenters. The number of imidazole rings is 1. The highest BCUT2D eigenvalue weighted by Crippen LogP contribution is 2.22. The predicted molar refractivity (Wildman–Crippen MR) is 123 cm³/mol. The molecule has 0 aromatic carbocycles. The topological polar surface area (TPSA) is 108 Å². The zero-order valence-electron chi connectivity index (χ0n) is 18.6. The highest BCUT2D eigenvalue weighted by atomic mass is 16.5. The van der Waals surface area contributed by atoms with E-state index in [1.54, 1.807) is 11.6 Å². The van der Waals surface area contributed by atoms with Crippen molar-refractivity contribution in [2.45, 2.75) is 65.2 Å². The first kappa shape index (κ1) is 24.4. The lowest BCUT2D eigenvalue weighted by Crippen LogP contribution is -2.26. The van der Waals surface area contributed by atoms with Gasteiger partial charge in [0.05, 0.1) is 5.69 Å². The Morgan fingerprint density at radius 2 is 1.94 bits per heavy atom. The number of nitrogens with zero attached hydrogens (tertiary/aromatic N) is 2. The molecule has 2 aromatic rings. The van der Waals surface area contributed by atoms with Gasteiger partial charge in [0, 0.05) is 31.8 Å². The number of amides is 2. The first-order chi connectivity index (χ1) is 15.1. The van der Waals surface area contributed by atoms with Gasteiger partial charge in [0.25, 0.3) is 5.91 Å². The Labute approximate surface area is 184 Å². The summed E-state index contributed by atoms with van der Waals surface area (Å²) < 4.78 is 1.98. The van der Waals surface area contributed by atoms with Crippen LogP contribution in [0.2, 0.25) is 0 Å². The molecule has 0 radical (unpaired) electrons. The molecule has 0 bridgehead atoms. The van der Waals surface area contributed by atoms with Crippen LogP contribution in [0.5, 0.6) is 0 Å². The minimum absolute atomic E-state index is 0.0499. The standard InChI is InChI=1S/C23H35N5O3/c1-3-5-7-8-9-19-23(25-15-12-21(29)24-14-6-4-2)28-16-13-18(17-20(28)26-19)10-11-22(30)27-31/h10-11,13,16-17,25,31H,3-9,12,14-15H2,1-2H3,(H,24,29)(H,27,30). The Morgan fingerprint density at radius 3 is 2.68 bits per heavy atom. The van der Waals surface area contributed by atoms with Gasteiger partial charge in [-0.25, -0.2) is 10.5 Å². The van der Waals surface area contributed by atoms with Crippen molar-refractivity contribution in [3.8, 4) is 0 Å². The molecule has 4 N–H and O–H groups in total. The van der Waals surface area contributed by atoms with E-state index in [4.69, 9.17) is 10.2 Å². The van der Waals surface area contributed by atoms with E-state index < -0.39 is 5.91 Å². The summed E-state index contributed by atoms with van der Waals surface area (Å²) in [5.41, 5.74) is 4.14. The lowest BCUT2D eigenvalue weighted by atomic mass is 10.1. The van der Waals surface area contributed by atoms with Gasteiger partial charge in [-0.05, 0) is 43.0 Å². The third kappa shape index (κ3) is 8.05. The van der Waals surface area contributed by atoms with Crippen molar-refractivity contribution in [3.05, 3.63) is 35.7 Å². The molecule has 0 fully saturated rings. The molecule has 0 saturated heterocycles. The molecule has 8 heteroatoms. The fourth-order valence-electron chi connectivity index (χ4n) is 3.29. The van der Waals surface area contributed by atoms with Crippen molar-refractivity contribution < 1.29 is 14.8 Å². The quantitative estimate of drug-likeness (QED) is 0.159. The number of hydrogen-bond donors (Lipinski definition) is 4. The summed E-state index contributed by atoms with van der Waals surface area (Å²) in [5.74, 6) is 0.379. The van der Waals surface area contributed by atoms with Crippen LogP contribution in [0.3, 0.4) is 0 Å². The molecule has 31 heavy (non-hydrogen) atoms. The molecule has 2 amide bonds. The largest absolute Gasteiger partial charge is 0.369 e. The summed E-state index contributed by atoms with van der Waals surface area (Å²) in [6, 6.07) is 3.76. The normalized spacial score (nSPS) is 11.2. The van der Waals surface area contributed by atoms with Gasteiger partial charge >= 0.3 is 0 Å². The highest BCUT2D eigenvalue weighted by molar-refractivity contribution is 5.90. The molecular formula is C23H35N5O3. The van der Waals surface area contributed by atoms with Gasteiger partial charge in [0.2, 0.25) is 5.91 Å². The Hall–Kier alpha value is -2.87. The van der Waals surface area contributed by atoms with Crippen LogP contribution < -0.4 is 16.1 Å². The average Bonchev–Trinajstić information content (AvgIpc) is 3.11. The van der Waals surface area contributed by atoms with Gasteiger partial charge in [-0.3, -0.25) is 19.2 Å². The number of carbonyl (C=O) groups excluding carboxylic acids is 2. The van der Waals surface area contributed by atoms with E-state index in [0.717, 1.165) is 61.4 Å². The number of hydroxylamine groups is 1. The van der Waals surface area contributed by atoms with E-state index in [0.29, 0.717) is 13.0 Å². The number of anilines is 1. The fourth-order valence-corrected chi connectivity index (χ4v) is 3.29. The number of pyridine rings is 1. The molecule has 0 aliphatic heterocycles. The van der Waals surface area contributed by atoms with Crippen LogP contribution in [0, 0.1) is 0 Å². The maximum atomic E-state index is 12.0. The molecular weight excluding hydrogens is 394 g/mol. The average molecular weight is 430 g/mol. The zero-order valence-corrected chi connectivity index (χ0v) is 18.6. The Morgan fingerprint density at radius 1 is 1.13 bits per heavy atom. The van der Waals surface area contributed by atoms with Gasteiger partial charge in [-0.15, -0.1) is 0 Å². The summed E-state index contributed by atoms with van der Waals surface area (Å²) in [6.07, 6.45) is 12.7. The number of hydrogen-bond acceptors (Lipinski definition) is 5. The van der Waals surface area contributed by atoms with Crippen LogP contribution in [0.1, 0.15) is 70.1 Å². The molecule has 2 heterocycles. The van der Waals surface area contributed by atoms with Gasteiger partial charge in [-0.1, -0.05) is 39.5 Å². The van der Waals surface area contributed by atoms with Crippen LogP contribution in [-0.4, -0.2) is 39.5 Å². The minimum atomic E-state index is -0.584. The smallest absolute Gasteiger partial charge is 0.267 e. The van der Waals surface area contributed by atoms with Gasteiger partial charge in [0.1, 0.15) is 11.5 Å². The zero-order chi connectivity index (χ0) is 22.5. The van der Waals surface area contributed by atoms with Crippen LogP contribution in [-0.2, 0) is 16.0 Å². The molecule has 0 spiro atoms. The van der Waals surface area contributed by atoms with Crippen molar-refractivity contribution in [3.63, 3.8) is 0 Å². The Kier molecular flexibility index (Phi) is 10.6. The van der Waals surface area contributed by atoms with Crippen molar-refractivity contribution in [1.29, 1.82) is 0 Å². The highest BCUT2D eigenvalue weighted by Gasteiger charge is 2.13. The predicted octanol–water partition coefficient (Wildman–Crippen LogP) is 3.69. The molecule has 2 rings (SSSR count). The lowest BCUT2D eigenvalue weighted by molar-refractivity contribution is -0.124. The van der Waals surface area contributed by atoms with Gasteiger partial charge in [-0.2, -0.15) is 0 Å². The van der Waals surface area contributed by atoms with Gasteiger partial charge in [0.15, 0.2) is 0 Å². The molecule has 0 aliphatic carbocycles. The monoisotopic (exact) mass is 429 g/mol. The van der Waals surface area contributed by atoms with Crippen LogP contribution >= 0.6 is 0 Å².